The highest BCUT2D eigenvalue weighted by atomic mass is 16.3. The molecule has 3 rings (SSSR count). The van der Waals surface area contributed by atoms with Crippen LogP contribution in [0.15, 0.2) is 51.7 Å². The molecule has 0 amide bonds. The maximum absolute atomic E-state index is 12.1. The monoisotopic (exact) mass is 284 g/mol. The third-order valence-electron chi connectivity index (χ3n) is 3.25. The number of benzene rings is 2. The van der Waals surface area contributed by atoms with E-state index in [1.165, 1.54) is 30.3 Å². The zero-order valence-corrected chi connectivity index (χ0v) is 10.9. The number of aromatic hydroxyl groups is 2. The Labute approximate surface area is 119 Å². The summed E-state index contributed by atoms with van der Waals surface area (Å²) in [5.41, 5.74) is 0.874. The SMILES string of the molecule is O=c1cc(-c2ccc(O)cc2)oc2cc(O)c(CO)cc12. The molecule has 0 saturated carbocycles. The fraction of sp³-hybridized carbons (Fsp3) is 0.0625. The topological polar surface area (TPSA) is 90.9 Å². The Morgan fingerprint density at radius 2 is 1.71 bits per heavy atom. The van der Waals surface area contributed by atoms with E-state index in [2.05, 4.69) is 0 Å². The standard InChI is InChI=1S/C16H12O5/c17-8-10-5-12-14(20)7-15(21-16(12)6-13(10)19)9-1-3-11(18)4-2-9/h1-7,17-19H,8H2. The predicted octanol–water partition coefficient (Wildman–Crippen LogP) is 2.36. The van der Waals surface area contributed by atoms with E-state index in [1.807, 2.05) is 0 Å². The van der Waals surface area contributed by atoms with Gasteiger partial charge >= 0.3 is 0 Å². The van der Waals surface area contributed by atoms with Crippen molar-refractivity contribution in [2.45, 2.75) is 6.61 Å². The largest absolute Gasteiger partial charge is 0.508 e. The smallest absolute Gasteiger partial charge is 0.193 e. The summed E-state index contributed by atoms with van der Waals surface area (Å²) >= 11 is 0. The van der Waals surface area contributed by atoms with Gasteiger partial charge in [0.15, 0.2) is 5.43 Å². The van der Waals surface area contributed by atoms with E-state index in [-0.39, 0.29) is 34.7 Å². The van der Waals surface area contributed by atoms with Crippen molar-refractivity contribution in [3.63, 3.8) is 0 Å². The predicted molar refractivity (Wildman–Crippen MR) is 77.2 cm³/mol. The molecule has 0 spiro atoms. The molecule has 0 aliphatic heterocycles. The molecule has 3 N–H and O–H groups in total. The Kier molecular flexibility index (Phi) is 3.12. The van der Waals surface area contributed by atoms with Gasteiger partial charge in [0.2, 0.25) is 0 Å². The summed E-state index contributed by atoms with van der Waals surface area (Å²) in [5, 5.41) is 28.4. The molecule has 3 aromatic rings. The van der Waals surface area contributed by atoms with Gasteiger partial charge in [-0.05, 0) is 30.3 Å². The van der Waals surface area contributed by atoms with Crippen molar-refractivity contribution in [2.24, 2.45) is 0 Å². The van der Waals surface area contributed by atoms with Gasteiger partial charge in [-0.15, -0.1) is 0 Å². The van der Waals surface area contributed by atoms with Crippen molar-refractivity contribution in [1.82, 2.24) is 0 Å². The van der Waals surface area contributed by atoms with Crippen molar-refractivity contribution in [3.05, 3.63) is 58.3 Å². The van der Waals surface area contributed by atoms with Gasteiger partial charge in [0, 0.05) is 23.3 Å². The molecule has 2 aromatic carbocycles. The number of hydrogen-bond acceptors (Lipinski definition) is 5. The molecular weight excluding hydrogens is 272 g/mol. The van der Waals surface area contributed by atoms with Crippen LogP contribution in [-0.4, -0.2) is 15.3 Å². The first-order chi connectivity index (χ1) is 10.1. The number of aliphatic hydroxyl groups excluding tert-OH is 1. The molecule has 5 heteroatoms. The lowest BCUT2D eigenvalue weighted by atomic mass is 10.1. The lowest BCUT2D eigenvalue weighted by Crippen LogP contribution is -2.01. The van der Waals surface area contributed by atoms with Crippen molar-refractivity contribution < 1.29 is 19.7 Å². The third kappa shape index (κ3) is 2.34. The van der Waals surface area contributed by atoms with Crippen LogP contribution in [-0.2, 0) is 6.61 Å². The number of hydrogen-bond donors (Lipinski definition) is 3. The fourth-order valence-electron chi connectivity index (χ4n) is 2.13. The second kappa shape index (κ2) is 4.96. The maximum Gasteiger partial charge on any atom is 0.193 e. The Morgan fingerprint density at radius 1 is 1.00 bits per heavy atom. The molecule has 5 nitrogen and oxygen atoms in total. The summed E-state index contributed by atoms with van der Waals surface area (Å²) < 4.78 is 5.63. The Bertz CT molecular complexity index is 862. The van der Waals surface area contributed by atoms with Gasteiger partial charge in [-0.1, -0.05) is 0 Å². The molecule has 0 aliphatic rings. The Morgan fingerprint density at radius 3 is 2.38 bits per heavy atom. The highest BCUT2D eigenvalue weighted by Gasteiger charge is 2.10. The lowest BCUT2D eigenvalue weighted by Gasteiger charge is -2.06. The fourth-order valence-corrected chi connectivity index (χ4v) is 2.13. The number of phenolic OH excluding ortho intramolecular Hbond substituents is 1. The second-order valence-corrected chi connectivity index (χ2v) is 4.66. The first-order valence-electron chi connectivity index (χ1n) is 6.28. The summed E-state index contributed by atoms with van der Waals surface area (Å²) in [5.74, 6) is 0.326. The van der Waals surface area contributed by atoms with Gasteiger partial charge in [-0.3, -0.25) is 4.79 Å². The maximum atomic E-state index is 12.1. The van der Waals surface area contributed by atoms with Crippen molar-refractivity contribution in [3.8, 4) is 22.8 Å². The van der Waals surface area contributed by atoms with E-state index in [0.29, 0.717) is 16.7 Å². The summed E-state index contributed by atoms with van der Waals surface area (Å²) in [7, 11) is 0. The van der Waals surface area contributed by atoms with Crippen LogP contribution in [0.2, 0.25) is 0 Å². The molecule has 0 aliphatic carbocycles. The first-order valence-corrected chi connectivity index (χ1v) is 6.28. The molecule has 0 bridgehead atoms. The summed E-state index contributed by atoms with van der Waals surface area (Å²) in [6.45, 7) is -0.360. The molecular formula is C16H12O5. The number of fused-ring (bicyclic) bond motifs is 1. The van der Waals surface area contributed by atoms with Crippen LogP contribution in [0, 0.1) is 0 Å². The molecule has 21 heavy (non-hydrogen) atoms. The highest BCUT2D eigenvalue weighted by molar-refractivity contribution is 5.81. The van der Waals surface area contributed by atoms with Gasteiger partial charge in [-0.2, -0.15) is 0 Å². The van der Waals surface area contributed by atoms with Crippen LogP contribution >= 0.6 is 0 Å². The minimum Gasteiger partial charge on any atom is -0.508 e. The van der Waals surface area contributed by atoms with Crippen LogP contribution in [0.25, 0.3) is 22.3 Å². The van der Waals surface area contributed by atoms with Gasteiger partial charge in [0.1, 0.15) is 22.8 Å². The first kappa shape index (κ1) is 13.2. The van der Waals surface area contributed by atoms with Crippen LogP contribution in [0.3, 0.4) is 0 Å². The minimum atomic E-state index is -0.360. The molecule has 0 saturated heterocycles. The molecule has 106 valence electrons. The third-order valence-corrected chi connectivity index (χ3v) is 3.25. The second-order valence-electron chi connectivity index (χ2n) is 4.66. The molecule has 0 unspecified atom stereocenters. The zero-order chi connectivity index (χ0) is 15.0. The van der Waals surface area contributed by atoms with Crippen molar-refractivity contribution in [1.29, 1.82) is 0 Å². The van der Waals surface area contributed by atoms with Crippen LogP contribution in [0.1, 0.15) is 5.56 Å². The molecule has 0 radical (unpaired) electrons. The van der Waals surface area contributed by atoms with Gasteiger partial charge < -0.3 is 19.7 Å². The van der Waals surface area contributed by atoms with E-state index in [9.17, 15) is 15.0 Å². The average molecular weight is 284 g/mol. The Balaban J connectivity index is 2.23. The molecule has 0 fully saturated rings. The minimum absolute atomic E-state index is 0.118. The van der Waals surface area contributed by atoms with Gasteiger partial charge in [-0.25, -0.2) is 0 Å². The van der Waals surface area contributed by atoms with Crippen LogP contribution in [0.5, 0.6) is 11.5 Å². The van der Waals surface area contributed by atoms with Gasteiger partial charge in [0.25, 0.3) is 0 Å². The molecule has 0 atom stereocenters. The Hall–Kier alpha value is -2.79. The summed E-state index contributed by atoms with van der Waals surface area (Å²) in [4.78, 5) is 12.1. The van der Waals surface area contributed by atoms with Crippen molar-refractivity contribution in [2.75, 3.05) is 0 Å². The number of phenols is 2. The van der Waals surface area contributed by atoms with Crippen LogP contribution in [0.4, 0.5) is 0 Å². The summed E-state index contributed by atoms with van der Waals surface area (Å²) in [6, 6.07) is 10.3. The molecule has 1 heterocycles. The highest BCUT2D eigenvalue weighted by Crippen LogP contribution is 2.27. The van der Waals surface area contributed by atoms with E-state index >= 15 is 0 Å². The van der Waals surface area contributed by atoms with E-state index in [4.69, 9.17) is 9.52 Å². The zero-order valence-electron chi connectivity index (χ0n) is 10.9. The van der Waals surface area contributed by atoms with Crippen LogP contribution < -0.4 is 5.43 Å². The van der Waals surface area contributed by atoms with Crippen molar-refractivity contribution >= 4 is 11.0 Å². The lowest BCUT2D eigenvalue weighted by molar-refractivity contribution is 0.275. The number of aliphatic hydroxyl groups is 1. The van der Waals surface area contributed by atoms with E-state index in [1.54, 1.807) is 12.1 Å². The van der Waals surface area contributed by atoms with Gasteiger partial charge in [0.05, 0.1) is 12.0 Å². The number of rotatable bonds is 2. The quantitative estimate of drug-likeness (QED) is 0.672. The van der Waals surface area contributed by atoms with E-state index in [0.717, 1.165) is 0 Å². The summed E-state index contributed by atoms with van der Waals surface area (Å²) in [6.07, 6.45) is 0. The van der Waals surface area contributed by atoms with E-state index < -0.39 is 0 Å². The molecule has 1 aromatic heterocycles. The average Bonchev–Trinajstić information content (AvgIpc) is 2.47. The normalized spacial score (nSPS) is 10.9.